The van der Waals surface area contributed by atoms with Crippen molar-refractivity contribution in [3.63, 3.8) is 0 Å². The molecule has 1 saturated carbocycles. The molecule has 13 heteroatoms. The van der Waals surface area contributed by atoms with Gasteiger partial charge in [-0.3, -0.25) is 4.98 Å². The Labute approximate surface area is 193 Å². The third-order valence-electron chi connectivity index (χ3n) is 5.41. The predicted octanol–water partition coefficient (Wildman–Crippen LogP) is 0.0337. The molecule has 1 fully saturated rings. The molecular weight excluding hydrogens is 460 g/mol. The van der Waals surface area contributed by atoms with Crippen molar-refractivity contribution >= 4 is 27.5 Å². The predicted molar refractivity (Wildman–Crippen MR) is 123 cm³/mol. The fraction of sp³-hybridized carbons (Fsp3) is 0.286. The number of benzene rings is 1. The monoisotopic (exact) mass is 482 g/mol. The first-order valence-corrected chi connectivity index (χ1v) is 12.5. The van der Waals surface area contributed by atoms with Gasteiger partial charge in [0, 0.05) is 11.5 Å². The van der Waals surface area contributed by atoms with E-state index in [0.717, 1.165) is 18.4 Å². The summed E-state index contributed by atoms with van der Waals surface area (Å²) in [5.41, 5.74) is 1.36. The molecule has 1 aliphatic carbocycles. The maximum Gasteiger partial charge on any atom is 0.326 e. The summed E-state index contributed by atoms with van der Waals surface area (Å²) in [5.74, 6) is 0.0272. The second kappa shape index (κ2) is 8.09. The fourth-order valence-electron chi connectivity index (χ4n) is 3.43. The molecule has 4 aromatic rings. The zero-order chi connectivity index (χ0) is 24.0. The Morgan fingerprint density at radius 1 is 1.24 bits per heavy atom. The molecule has 176 valence electrons. The van der Waals surface area contributed by atoms with Crippen LogP contribution in [-0.2, 0) is 9.84 Å². The lowest BCUT2D eigenvalue weighted by Crippen LogP contribution is -2.25. The number of anilines is 1. The van der Waals surface area contributed by atoms with Crippen molar-refractivity contribution in [2.24, 2.45) is 4.99 Å². The van der Waals surface area contributed by atoms with Crippen molar-refractivity contribution < 1.29 is 13.5 Å². The number of rotatable bonds is 6. The quantitative estimate of drug-likeness (QED) is 0.298. The van der Waals surface area contributed by atoms with Crippen molar-refractivity contribution in [2.75, 3.05) is 11.6 Å². The number of hydrogen-bond acceptors (Lipinski definition) is 9. The van der Waals surface area contributed by atoms with E-state index in [2.05, 4.69) is 35.3 Å². The third kappa shape index (κ3) is 4.41. The lowest BCUT2D eigenvalue weighted by Gasteiger charge is -2.14. The Hall–Kier alpha value is -4.00. The molecule has 34 heavy (non-hydrogen) atoms. The number of aromatic amines is 2. The number of aromatic nitrogens is 6. The topological polar surface area (TPSA) is 170 Å². The molecule has 1 aliphatic rings. The fourth-order valence-corrected chi connectivity index (χ4v) is 4.06. The first kappa shape index (κ1) is 21.8. The Morgan fingerprint density at radius 2 is 1.97 bits per heavy atom. The van der Waals surface area contributed by atoms with Gasteiger partial charge in [0.2, 0.25) is 11.8 Å². The van der Waals surface area contributed by atoms with E-state index in [1.807, 2.05) is 6.92 Å². The van der Waals surface area contributed by atoms with Gasteiger partial charge in [-0.25, -0.2) is 18.2 Å². The summed E-state index contributed by atoms with van der Waals surface area (Å²) in [5, 5.41) is 18.0. The van der Waals surface area contributed by atoms with E-state index in [-0.39, 0.29) is 28.6 Å². The van der Waals surface area contributed by atoms with Gasteiger partial charge in [0.25, 0.3) is 5.62 Å². The SMILES string of the molecule is CC(Nc1nc(=NC2CC2)n2ncc(=Cc3[nH]c(=O)[nH]c3O)c2n1)c1ccc(S(C)(=O)=O)cc1. The average Bonchev–Trinajstić information content (AvgIpc) is 3.42. The minimum absolute atomic E-state index is 0.189. The van der Waals surface area contributed by atoms with Gasteiger partial charge in [-0.05, 0) is 43.5 Å². The van der Waals surface area contributed by atoms with Gasteiger partial charge >= 0.3 is 5.69 Å². The molecule has 0 radical (unpaired) electrons. The summed E-state index contributed by atoms with van der Waals surface area (Å²) in [7, 11) is -3.28. The molecule has 0 aliphatic heterocycles. The molecule has 1 atom stereocenters. The largest absolute Gasteiger partial charge is 0.493 e. The number of sulfone groups is 1. The molecule has 3 heterocycles. The normalized spacial score (nSPS) is 16.3. The molecule has 0 bridgehead atoms. The zero-order valence-electron chi connectivity index (χ0n) is 18.3. The Bertz CT molecular complexity index is 1660. The third-order valence-corrected chi connectivity index (χ3v) is 6.54. The highest BCUT2D eigenvalue weighted by atomic mass is 32.2. The number of aromatic hydroxyl groups is 1. The van der Waals surface area contributed by atoms with Crippen LogP contribution in [0.15, 0.2) is 45.1 Å². The average molecular weight is 483 g/mol. The minimum atomic E-state index is -3.28. The molecule has 0 amide bonds. The van der Waals surface area contributed by atoms with Gasteiger partial charge < -0.3 is 15.4 Å². The van der Waals surface area contributed by atoms with Gasteiger partial charge in [0.1, 0.15) is 5.69 Å². The highest BCUT2D eigenvalue weighted by Gasteiger charge is 2.21. The molecular formula is C21H22N8O4S. The molecule has 5 rings (SSSR count). The summed E-state index contributed by atoms with van der Waals surface area (Å²) in [4.78, 5) is 30.3. The van der Waals surface area contributed by atoms with Crippen LogP contribution in [-0.4, -0.2) is 55.4 Å². The van der Waals surface area contributed by atoms with Crippen LogP contribution in [0.1, 0.15) is 37.1 Å². The van der Waals surface area contributed by atoms with E-state index in [1.165, 1.54) is 10.8 Å². The van der Waals surface area contributed by atoms with E-state index >= 15 is 0 Å². The van der Waals surface area contributed by atoms with E-state index in [0.29, 0.717) is 22.4 Å². The Balaban J connectivity index is 1.56. The maximum absolute atomic E-state index is 11.7. The highest BCUT2D eigenvalue weighted by molar-refractivity contribution is 7.90. The Morgan fingerprint density at radius 3 is 2.59 bits per heavy atom. The van der Waals surface area contributed by atoms with Crippen LogP contribution in [0.3, 0.4) is 0 Å². The van der Waals surface area contributed by atoms with Crippen LogP contribution >= 0.6 is 0 Å². The number of imidazole rings is 1. The molecule has 4 N–H and O–H groups in total. The second-order valence-corrected chi connectivity index (χ2v) is 10.3. The van der Waals surface area contributed by atoms with Crippen LogP contribution in [0.5, 0.6) is 5.88 Å². The van der Waals surface area contributed by atoms with Crippen molar-refractivity contribution in [3.05, 3.63) is 63.0 Å². The standard InChI is InChI=1S/C21H22N8O4S/c1-11(12-3-7-15(8-4-12)34(2,32)33)23-19-26-17-13(9-16-18(30)27-21(31)25-16)10-22-29(17)20(28-19)24-14-5-6-14/h3-4,7-11,14,30H,5-6H2,1-2H3,(H,23,24,28)(H2,25,27,31). The zero-order valence-corrected chi connectivity index (χ0v) is 19.2. The smallest absolute Gasteiger partial charge is 0.326 e. The van der Waals surface area contributed by atoms with Crippen LogP contribution in [0.2, 0.25) is 0 Å². The van der Waals surface area contributed by atoms with Crippen LogP contribution in [0.25, 0.3) is 11.7 Å². The van der Waals surface area contributed by atoms with Gasteiger partial charge in [0.15, 0.2) is 15.5 Å². The number of hydrogen-bond donors (Lipinski definition) is 4. The summed E-state index contributed by atoms with van der Waals surface area (Å²) in [6, 6.07) is 6.57. The summed E-state index contributed by atoms with van der Waals surface area (Å²) < 4.78 is 25.0. The molecule has 12 nitrogen and oxygen atoms in total. The molecule has 1 unspecified atom stereocenters. The Kier molecular flexibility index (Phi) is 5.20. The van der Waals surface area contributed by atoms with Gasteiger partial charge in [0.05, 0.1) is 23.2 Å². The number of H-pyrrole nitrogens is 2. The van der Waals surface area contributed by atoms with Gasteiger partial charge in [-0.2, -0.15) is 19.6 Å². The maximum atomic E-state index is 11.7. The van der Waals surface area contributed by atoms with Crippen molar-refractivity contribution in [3.8, 4) is 5.88 Å². The lowest BCUT2D eigenvalue weighted by atomic mass is 10.1. The first-order valence-electron chi connectivity index (χ1n) is 10.6. The van der Waals surface area contributed by atoms with Crippen LogP contribution < -0.4 is 21.8 Å². The molecule has 0 spiro atoms. The summed E-state index contributed by atoms with van der Waals surface area (Å²) in [6.07, 6.45) is 6.24. The number of fused-ring (bicyclic) bond motifs is 1. The second-order valence-electron chi connectivity index (χ2n) is 8.24. The summed E-state index contributed by atoms with van der Waals surface area (Å²) >= 11 is 0. The lowest BCUT2D eigenvalue weighted by molar-refractivity contribution is 0.454. The molecule has 0 saturated heterocycles. The molecule has 3 aromatic heterocycles. The van der Waals surface area contributed by atoms with Crippen molar-refractivity contribution in [2.45, 2.75) is 36.7 Å². The van der Waals surface area contributed by atoms with Crippen molar-refractivity contribution in [1.82, 2.24) is 29.5 Å². The molecule has 1 aromatic carbocycles. The van der Waals surface area contributed by atoms with Gasteiger partial charge in [-0.15, -0.1) is 0 Å². The first-order chi connectivity index (χ1) is 16.2. The van der Waals surface area contributed by atoms with E-state index in [9.17, 15) is 18.3 Å². The van der Waals surface area contributed by atoms with E-state index < -0.39 is 15.5 Å². The minimum Gasteiger partial charge on any atom is -0.493 e. The van der Waals surface area contributed by atoms with Gasteiger partial charge in [-0.1, -0.05) is 12.1 Å². The van der Waals surface area contributed by atoms with Crippen LogP contribution in [0.4, 0.5) is 5.95 Å². The highest BCUT2D eigenvalue weighted by Crippen LogP contribution is 2.22. The van der Waals surface area contributed by atoms with E-state index in [4.69, 9.17) is 0 Å². The van der Waals surface area contributed by atoms with Crippen LogP contribution in [0, 0.1) is 0 Å². The van der Waals surface area contributed by atoms with E-state index in [1.54, 1.807) is 36.5 Å². The number of nitrogens with zero attached hydrogens (tertiary/aromatic N) is 5. The van der Waals surface area contributed by atoms with Crippen molar-refractivity contribution in [1.29, 1.82) is 0 Å². The summed E-state index contributed by atoms with van der Waals surface area (Å²) in [6.45, 7) is 1.91. The number of nitrogens with one attached hydrogen (secondary N) is 3.